The number of allylic oxidation sites excluding steroid dienone is 1. The Morgan fingerprint density at radius 3 is 2.56 bits per heavy atom. The van der Waals surface area contributed by atoms with E-state index >= 15 is 0 Å². The van der Waals surface area contributed by atoms with Gasteiger partial charge in [-0.15, -0.1) is 11.8 Å². The molecular weight excluding hydrogens is 128 g/mol. The summed E-state index contributed by atoms with van der Waals surface area (Å²) in [5.74, 6) is 1.26. The fourth-order valence-corrected chi connectivity index (χ4v) is 1.13. The molecule has 0 aromatic carbocycles. The molecule has 0 saturated carbocycles. The van der Waals surface area contributed by atoms with Gasteiger partial charge in [0.05, 0.1) is 0 Å². The normalized spacial score (nSPS) is 10.9. The van der Waals surface area contributed by atoms with Crippen LogP contribution < -0.4 is 0 Å². The van der Waals surface area contributed by atoms with E-state index in [-0.39, 0.29) is 0 Å². The summed E-state index contributed by atoms with van der Waals surface area (Å²) in [6.07, 6.45) is 6.03. The molecule has 0 fully saturated rings. The molecule has 0 heterocycles. The smallest absolute Gasteiger partial charge is 0.00287 e. The molecule has 0 radical (unpaired) electrons. The van der Waals surface area contributed by atoms with Crippen molar-refractivity contribution in [2.45, 2.75) is 33.1 Å². The van der Waals surface area contributed by atoms with Crippen LogP contribution in [-0.4, -0.2) is 5.75 Å². The molecule has 0 aliphatic rings. The lowest BCUT2D eigenvalue weighted by atomic mass is 10.3. The molecule has 0 aliphatic carbocycles. The van der Waals surface area contributed by atoms with Crippen molar-refractivity contribution >= 4 is 11.8 Å². The van der Waals surface area contributed by atoms with E-state index in [2.05, 4.69) is 25.3 Å². The molecule has 0 rings (SSSR count). The quantitative estimate of drug-likeness (QED) is 0.533. The largest absolute Gasteiger partial charge is 0.134 e. The van der Waals surface area contributed by atoms with Crippen molar-refractivity contribution in [1.29, 1.82) is 0 Å². The van der Waals surface area contributed by atoms with Gasteiger partial charge in [-0.3, -0.25) is 0 Å². The molecule has 0 atom stereocenters. The summed E-state index contributed by atoms with van der Waals surface area (Å²) in [5.41, 5.74) is 0. The van der Waals surface area contributed by atoms with Crippen molar-refractivity contribution in [1.82, 2.24) is 0 Å². The first-order valence-corrected chi connectivity index (χ1v) is 4.73. The topological polar surface area (TPSA) is 0 Å². The van der Waals surface area contributed by atoms with Crippen molar-refractivity contribution in [3.8, 4) is 0 Å². The first kappa shape index (κ1) is 9.09. The van der Waals surface area contributed by atoms with Crippen molar-refractivity contribution in [3.05, 3.63) is 11.5 Å². The molecule has 0 nitrogen and oxygen atoms in total. The Morgan fingerprint density at radius 2 is 2.00 bits per heavy atom. The van der Waals surface area contributed by atoms with Crippen LogP contribution in [0.25, 0.3) is 0 Å². The van der Waals surface area contributed by atoms with Crippen LogP contribution in [0.3, 0.4) is 0 Å². The van der Waals surface area contributed by atoms with Crippen LogP contribution in [0.5, 0.6) is 0 Å². The standard InChI is InChI=1S/C8H16S/c1-3-5-6-8-9-7-4-2/h6,8H,3-5,7H2,1-2H3/b8-6+. The zero-order valence-corrected chi connectivity index (χ0v) is 7.21. The first-order valence-electron chi connectivity index (χ1n) is 3.68. The van der Waals surface area contributed by atoms with Crippen molar-refractivity contribution < 1.29 is 0 Å². The molecule has 0 unspecified atom stereocenters. The van der Waals surface area contributed by atoms with Crippen molar-refractivity contribution in [2.24, 2.45) is 0 Å². The molecule has 0 aliphatic heterocycles. The molecule has 9 heavy (non-hydrogen) atoms. The monoisotopic (exact) mass is 144 g/mol. The highest BCUT2D eigenvalue weighted by molar-refractivity contribution is 8.02. The van der Waals surface area contributed by atoms with E-state index in [9.17, 15) is 0 Å². The summed E-state index contributed by atoms with van der Waals surface area (Å²) in [7, 11) is 0. The third-order valence-electron chi connectivity index (χ3n) is 0.970. The number of hydrogen-bond donors (Lipinski definition) is 0. The maximum Gasteiger partial charge on any atom is -0.00287 e. The Hall–Kier alpha value is 0.0900. The van der Waals surface area contributed by atoms with Crippen LogP contribution in [-0.2, 0) is 0 Å². The van der Waals surface area contributed by atoms with Gasteiger partial charge in [0.15, 0.2) is 0 Å². The molecule has 0 bridgehead atoms. The SMILES string of the molecule is CCC/C=C/SCCC. The van der Waals surface area contributed by atoms with Gasteiger partial charge in [0.2, 0.25) is 0 Å². The molecule has 0 spiro atoms. The van der Waals surface area contributed by atoms with E-state index in [1.807, 2.05) is 11.8 Å². The molecule has 0 N–H and O–H groups in total. The van der Waals surface area contributed by atoms with Crippen molar-refractivity contribution in [3.63, 3.8) is 0 Å². The Balaban J connectivity index is 2.86. The first-order chi connectivity index (χ1) is 4.41. The minimum atomic E-state index is 1.23. The maximum absolute atomic E-state index is 2.25. The predicted octanol–water partition coefficient (Wildman–Crippen LogP) is 3.44. The zero-order chi connectivity index (χ0) is 6.95. The van der Waals surface area contributed by atoms with E-state index in [1.54, 1.807) is 0 Å². The highest BCUT2D eigenvalue weighted by atomic mass is 32.2. The Labute approximate surface area is 62.7 Å². The van der Waals surface area contributed by atoms with Gasteiger partial charge >= 0.3 is 0 Å². The highest BCUT2D eigenvalue weighted by Gasteiger charge is 1.76. The van der Waals surface area contributed by atoms with E-state index in [0.717, 1.165) is 0 Å². The second-order valence-electron chi connectivity index (χ2n) is 2.03. The second kappa shape index (κ2) is 8.09. The molecule has 0 saturated heterocycles. The fraction of sp³-hybridized carbons (Fsp3) is 0.750. The molecule has 0 aromatic heterocycles. The van der Waals surface area contributed by atoms with Crippen LogP contribution in [0.15, 0.2) is 11.5 Å². The van der Waals surface area contributed by atoms with Crippen LogP contribution >= 0.6 is 11.8 Å². The van der Waals surface area contributed by atoms with Crippen molar-refractivity contribution in [2.75, 3.05) is 5.75 Å². The Bertz CT molecular complexity index is 67.0. The van der Waals surface area contributed by atoms with Crippen LogP contribution in [0.4, 0.5) is 0 Å². The Morgan fingerprint density at radius 1 is 1.22 bits per heavy atom. The highest BCUT2D eigenvalue weighted by Crippen LogP contribution is 2.04. The minimum Gasteiger partial charge on any atom is -0.134 e. The lowest BCUT2D eigenvalue weighted by molar-refractivity contribution is 0.960. The van der Waals surface area contributed by atoms with Gasteiger partial charge in [-0.2, -0.15) is 0 Å². The van der Waals surface area contributed by atoms with E-state index in [4.69, 9.17) is 0 Å². The number of hydrogen-bond acceptors (Lipinski definition) is 1. The second-order valence-corrected chi connectivity index (χ2v) is 3.04. The zero-order valence-electron chi connectivity index (χ0n) is 6.39. The van der Waals surface area contributed by atoms with Crippen LogP contribution in [0, 0.1) is 0 Å². The van der Waals surface area contributed by atoms with Gasteiger partial charge in [0.1, 0.15) is 0 Å². The molecule has 1 heteroatoms. The Kier molecular flexibility index (Phi) is 8.17. The van der Waals surface area contributed by atoms with E-state index < -0.39 is 0 Å². The van der Waals surface area contributed by atoms with Gasteiger partial charge in [-0.1, -0.05) is 26.3 Å². The van der Waals surface area contributed by atoms with Gasteiger partial charge in [-0.25, -0.2) is 0 Å². The van der Waals surface area contributed by atoms with Crippen LogP contribution in [0.2, 0.25) is 0 Å². The molecule has 0 aromatic rings. The summed E-state index contributed by atoms with van der Waals surface area (Å²) >= 11 is 1.91. The number of thioether (sulfide) groups is 1. The lowest BCUT2D eigenvalue weighted by Crippen LogP contribution is -1.67. The van der Waals surface area contributed by atoms with Gasteiger partial charge in [0.25, 0.3) is 0 Å². The summed E-state index contributed by atoms with van der Waals surface area (Å²) in [6, 6.07) is 0. The minimum absolute atomic E-state index is 1.23. The number of unbranched alkanes of at least 4 members (excludes halogenated alkanes) is 1. The van der Waals surface area contributed by atoms with E-state index in [0.29, 0.717) is 0 Å². The average molecular weight is 144 g/mol. The predicted molar refractivity (Wildman–Crippen MR) is 46.8 cm³/mol. The molecule has 54 valence electrons. The fourth-order valence-electron chi connectivity index (χ4n) is 0.489. The maximum atomic E-state index is 2.25. The summed E-state index contributed by atoms with van der Waals surface area (Å²) < 4.78 is 0. The third kappa shape index (κ3) is 8.09. The van der Waals surface area contributed by atoms with Gasteiger partial charge in [0, 0.05) is 0 Å². The summed E-state index contributed by atoms with van der Waals surface area (Å²) in [6.45, 7) is 4.41. The van der Waals surface area contributed by atoms with Gasteiger partial charge in [-0.05, 0) is 24.0 Å². The molecular formula is C8H16S. The summed E-state index contributed by atoms with van der Waals surface area (Å²) in [5, 5.41) is 2.22. The van der Waals surface area contributed by atoms with E-state index in [1.165, 1.54) is 25.0 Å². The van der Waals surface area contributed by atoms with Crippen LogP contribution in [0.1, 0.15) is 33.1 Å². The lowest BCUT2D eigenvalue weighted by Gasteiger charge is -1.87. The summed E-state index contributed by atoms with van der Waals surface area (Å²) in [4.78, 5) is 0. The number of rotatable bonds is 5. The van der Waals surface area contributed by atoms with Gasteiger partial charge < -0.3 is 0 Å². The average Bonchev–Trinajstić information content (AvgIpc) is 1.89. The molecule has 0 amide bonds. The third-order valence-corrected chi connectivity index (χ3v) is 2.00.